The van der Waals surface area contributed by atoms with Crippen LogP contribution in [-0.4, -0.2) is 43.6 Å². The van der Waals surface area contributed by atoms with Gasteiger partial charge in [-0.2, -0.15) is 0 Å². The number of urea groups is 1. The van der Waals surface area contributed by atoms with Gasteiger partial charge in [0.05, 0.1) is 0 Å². The number of nitrogens with zero attached hydrogens (tertiary/aromatic N) is 2. The minimum atomic E-state index is -0.00263. The van der Waals surface area contributed by atoms with Crippen LogP contribution in [0.1, 0.15) is 51.0 Å². The molecule has 1 aliphatic rings. The quantitative estimate of drug-likeness (QED) is 0.378. The SMILES string of the molecule is CCCCCCNC(=NC)NCc1cccc(NC(=O)N2CCCC2)c1. The molecule has 1 saturated heterocycles. The highest BCUT2D eigenvalue weighted by Crippen LogP contribution is 2.14. The number of guanidine groups is 1. The molecule has 1 aromatic carbocycles. The number of nitrogens with one attached hydrogen (secondary N) is 3. The highest BCUT2D eigenvalue weighted by atomic mass is 16.2. The molecule has 6 heteroatoms. The van der Waals surface area contributed by atoms with E-state index in [1.54, 1.807) is 7.05 Å². The number of carbonyl (C=O) groups is 1. The van der Waals surface area contributed by atoms with Gasteiger partial charge in [-0.05, 0) is 37.0 Å². The number of amides is 2. The average molecular weight is 360 g/mol. The maximum atomic E-state index is 12.2. The Morgan fingerprint density at radius 2 is 1.96 bits per heavy atom. The van der Waals surface area contributed by atoms with Gasteiger partial charge in [-0.15, -0.1) is 0 Å². The van der Waals surface area contributed by atoms with Crippen LogP contribution < -0.4 is 16.0 Å². The van der Waals surface area contributed by atoms with E-state index in [1.807, 2.05) is 29.2 Å². The molecule has 0 spiro atoms. The van der Waals surface area contributed by atoms with Crippen LogP contribution in [-0.2, 0) is 6.54 Å². The minimum absolute atomic E-state index is 0.00263. The van der Waals surface area contributed by atoms with Crippen molar-refractivity contribution in [2.75, 3.05) is 32.0 Å². The maximum absolute atomic E-state index is 12.2. The molecule has 0 saturated carbocycles. The van der Waals surface area contributed by atoms with E-state index in [9.17, 15) is 4.79 Å². The predicted molar refractivity (Wildman–Crippen MR) is 109 cm³/mol. The zero-order valence-corrected chi connectivity index (χ0v) is 16.2. The number of aliphatic imine (C=N–C) groups is 1. The molecule has 0 unspecified atom stereocenters. The van der Waals surface area contributed by atoms with Gasteiger partial charge in [-0.3, -0.25) is 4.99 Å². The van der Waals surface area contributed by atoms with Crippen molar-refractivity contribution in [3.05, 3.63) is 29.8 Å². The van der Waals surface area contributed by atoms with Gasteiger partial charge in [0.15, 0.2) is 5.96 Å². The lowest BCUT2D eigenvalue weighted by Crippen LogP contribution is -2.37. The van der Waals surface area contributed by atoms with E-state index in [4.69, 9.17) is 0 Å². The van der Waals surface area contributed by atoms with E-state index in [0.29, 0.717) is 6.54 Å². The van der Waals surface area contributed by atoms with E-state index < -0.39 is 0 Å². The molecule has 6 nitrogen and oxygen atoms in total. The molecule has 0 aromatic heterocycles. The van der Waals surface area contributed by atoms with Crippen LogP contribution in [0.15, 0.2) is 29.3 Å². The van der Waals surface area contributed by atoms with Crippen LogP contribution >= 0.6 is 0 Å². The topological polar surface area (TPSA) is 68.8 Å². The van der Waals surface area contributed by atoms with Crippen LogP contribution in [0.3, 0.4) is 0 Å². The summed E-state index contributed by atoms with van der Waals surface area (Å²) in [7, 11) is 1.79. The van der Waals surface area contributed by atoms with Crippen LogP contribution in [0.5, 0.6) is 0 Å². The van der Waals surface area contributed by atoms with Gasteiger partial charge in [0.2, 0.25) is 0 Å². The smallest absolute Gasteiger partial charge is 0.321 e. The molecule has 1 aromatic rings. The molecule has 1 heterocycles. The van der Waals surface area contributed by atoms with Crippen molar-refractivity contribution in [2.45, 2.75) is 52.0 Å². The fourth-order valence-electron chi connectivity index (χ4n) is 3.05. The van der Waals surface area contributed by atoms with Gasteiger partial charge >= 0.3 is 6.03 Å². The number of unbranched alkanes of at least 4 members (excludes halogenated alkanes) is 3. The number of hydrogen-bond donors (Lipinski definition) is 3. The second-order valence-corrected chi connectivity index (χ2v) is 6.74. The highest BCUT2D eigenvalue weighted by Gasteiger charge is 2.17. The first-order chi connectivity index (χ1) is 12.7. The molecule has 3 N–H and O–H groups in total. The monoisotopic (exact) mass is 359 g/mol. The third kappa shape index (κ3) is 6.94. The fraction of sp³-hybridized carbons (Fsp3) is 0.600. The van der Waals surface area contributed by atoms with Gasteiger partial charge in [-0.1, -0.05) is 38.3 Å². The molecule has 2 amide bonds. The van der Waals surface area contributed by atoms with E-state index >= 15 is 0 Å². The number of likely N-dealkylation sites (tertiary alicyclic amines) is 1. The summed E-state index contributed by atoms with van der Waals surface area (Å²) in [6.45, 7) is 5.53. The van der Waals surface area contributed by atoms with E-state index in [0.717, 1.165) is 56.1 Å². The number of rotatable bonds is 8. The van der Waals surface area contributed by atoms with Crippen molar-refractivity contribution in [2.24, 2.45) is 4.99 Å². The molecule has 1 aliphatic heterocycles. The number of anilines is 1. The number of carbonyl (C=O) groups excluding carboxylic acids is 1. The molecule has 0 radical (unpaired) electrons. The Balaban J connectivity index is 1.77. The van der Waals surface area contributed by atoms with E-state index in [-0.39, 0.29) is 6.03 Å². The molecule has 0 atom stereocenters. The summed E-state index contributed by atoms with van der Waals surface area (Å²) in [6, 6.07) is 7.95. The Labute approximate surface area is 157 Å². The number of benzene rings is 1. The van der Waals surface area contributed by atoms with Crippen LogP contribution in [0.4, 0.5) is 10.5 Å². The number of hydrogen-bond acceptors (Lipinski definition) is 2. The van der Waals surface area contributed by atoms with Crippen molar-refractivity contribution in [3.63, 3.8) is 0 Å². The fourth-order valence-corrected chi connectivity index (χ4v) is 3.05. The van der Waals surface area contributed by atoms with Crippen LogP contribution in [0.2, 0.25) is 0 Å². The second kappa shape index (κ2) is 11.4. The van der Waals surface area contributed by atoms with Gasteiger partial charge in [-0.25, -0.2) is 4.79 Å². The second-order valence-electron chi connectivity index (χ2n) is 6.74. The first kappa shape index (κ1) is 20.1. The molecular formula is C20H33N5O. The van der Waals surface area contributed by atoms with Crippen molar-refractivity contribution in [1.82, 2.24) is 15.5 Å². The van der Waals surface area contributed by atoms with Gasteiger partial charge < -0.3 is 20.9 Å². The summed E-state index contributed by atoms with van der Waals surface area (Å²) >= 11 is 0. The Morgan fingerprint density at radius 3 is 2.69 bits per heavy atom. The van der Waals surface area contributed by atoms with E-state index in [1.165, 1.54) is 19.3 Å². The normalized spacial score (nSPS) is 14.4. The molecule has 0 aliphatic carbocycles. The zero-order valence-electron chi connectivity index (χ0n) is 16.2. The van der Waals surface area contributed by atoms with Crippen molar-refractivity contribution in [3.8, 4) is 0 Å². The van der Waals surface area contributed by atoms with Gasteiger partial charge in [0, 0.05) is 38.9 Å². The standard InChI is InChI=1S/C20H33N5O/c1-3-4-5-6-12-22-19(21-2)23-16-17-10-9-11-18(15-17)24-20(26)25-13-7-8-14-25/h9-11,15H,3-8,12-14,16H2,1-2H3,(H,24,26)(H2,21,22,23). The maximum Gasteiger partial charge on any atom is 0.321 e. The summed E-state index contributed by atoms with van der Waals surface area (Å²) in [5.74, 6) is 0.813. The van der Waals surface area contributed by atoms with Gasteiger partial charge in [0.1, 0.15) is 0 Å². The molecule has 1 fully saturated rings. The molecule has 144 valence electrons. The molecule has 26 heavy (non-hydrogen) atoms. The third-order valence-corrected chi connectivity index (χ3v) is 4.58. The zero-order chi connectivity index (χ0) is 18.6. The summed E-state index contributed by atoms with van der Waals surface area (Å²) < 4.78 is 0. The van der Waals surface area contributed by atoms with Crippen LogP contribution in [0, 0.1) is 0 Å². The minimum Gasteiger partial charge on any atom is -0.356 e. The Bertz CT molecular complexity index is 581. The Morgan fingerprint density at radius 1 is 1.15 bits per heavy atom. The molecule has 0 bridgehead atoms. The van der Waals surface area contributed by atoms with Crippen molar-refractivity contribution >= 4 is 17.7 Å². The average Bonchev–Trinajstić information content (AvgIpc) is 3.19. The summed E-state index contributed by atoms with van der Waals surface area (Å²) in [4.78, 5) is 18.3. The first-order valence-corrected chi connectivity index (χ1v) is 9.82. The summed E-state index contributed by atoms with van der Waals surface area (Å²) in [5.41, 5.74) is 1.95. The van der Waals surface area contributed by atoms with Gasteiger partial charge in [0.25, 0.3) is 0 Å². The van der Waals surface area contributed by atoms with E-state index in [2.05, 4.69) is 27.9 Å². The Hall–Kier alpha value is -2.24. The highest BCUT2D eigenvalue weighted by molar-refractivity contribution is 5.89. The Kier molecular flexibility index (Phi) is 8.79. The van der Waals surface area contributed by atoms with Crippen molar-refractivity contribution < 1.29 is 4.79 Å². The third-order valence-electron chi connectivity index (χ3n) is 4.58. The lowest BCUT2D eigenvalue weighted by molar-refractivity contribution is 0.222. The summed E-state index contributed by atoms with van der Waals surface area (Å²) in [6.07, 6.45) is 7.14. The molecular weight excluding hydrogens is 326 g/mol. The largest absolute Gasteiger partial charge is 0.356 e. The lowest BCUT2D eigenvalue weighted by Gasteiger charge is -2.17. The predicted octanol–water partition coefficient (Wildman–Crippen LogP) is 3.56. The van der Waals surface area contributed by atoms with Crippen molar-refractivity contribution in [1.29, 1.82) is 0 Å². The summed E-state index contributed by atoms with van der Waals surface area (Å²) in [5, 5.41) is 9.67. The van der Waals surface area contributed by atoms with Crippen LogP contribution in [0.25, 0.3) is 0 Å². The lowest BCUT2D eigenvalue weighted by atomic mass is 10.2. The first-order valence-electron chi connectivity index (χ1n) is 9.82. The molecule has 2 rings (SSSR count).